The molecular formula is C21H28N4O. The Bertz CT molecular complexity index is 719. The summed E-state index contributed by atoms with van der Waals surface area (Å²) in [6.45, 7) is 10.9. The largest absolute Gasteiger partial charge is 0.354 e. The molecule has 1 aliphatic rings. The predicted molar refractivity (Wildman–Crippen MR) is 107 cm³/mol. The summed E-state index contributed by atoms with van der Waals surface area (Å²) in [5, 5.41) is 0. The summed E-state index contributed by atoms with van der Waals surface area (Å²) < 4.78 is 0. The quantitative estimate of drug-likeness (QED) is 0.830. The molecule has 1 saturated heterocycles. The third-order valence-corrected chi connectivity index (χ3v) is 4.84. The number of amides is 1. The minimum atomic E-state index is 0.170. The van der Waals surface area contributed by atoms with Gasteiger partial charge in [0.05, 0.1) is 6.54 Å². The van der Waals surface area contributed by atoms with Gasteiger partial charge in [0.1, 0.15) is 5.82 Å². The normalized spacial score (nSPS) is 15.1. The van der Waals surface area contributed by atoms with E-state index in [-0.39, 0.29) is 5.91 Å². The van der Waals surface area contributed by atoms with Gasteiger partial charge < -0.3 is 9.80 Å². The Morgan fingerprint density at radius 3 is 2.35 bits per heavy atom. The summed E-state index contributed by atoms with van der Waals surface area (Å²) >= 11 is 0. The number of aromatic nitrogens is 1. The number of rotatable bonds is 5. The number of carbonyl (C=O) groups excluding carboxylic acids is 1. The third kappa shape index (κ3) is 4.41. The van der Waals surface area contributed by atoms with Crippen LogP contribution in [-0.4, -0.2) is 55.1 Å². The Morgan fingerprint density at radius 2 is 1.77 bits per heavy atom. The van der Waals surface area contributed by atoms with Crippen molar-refractivity contribution in [1.29, 1.82) is 0 Å². The van der Waals surface area contributed by atoms with Gasteiger partial charge in [0, 0.05) is 44.6 Å². The van der Waals surface area contributed by atoms with Gasteiger partial charge in [-0.1, -0.05) is 12.1 Å². The lowest BCUT2D eigenvalue weighted by atomic mass is 10.1. The van der Waals surface area contributed by atoms with Crippen LogP contribution in [0.1, 0.15) is 18.1 Å². The first-order valence-electron chi connectivity index (χ1n) is 9.34. The molecular weight excluding hydrogens is 324 g/mol. The molecule has 0 N–H and O–H groups in total. The fourth-order valence-electron chi connectivity index (χ4n) is 3.56. The second kappa shape index (κ2) is 8.32. The van der Waals surface area contributed by atoms with Crippen LogP contribution in [0.4, 0.5) is 11.5 Å². The number of anilines is 2. The summed E-state index contributed by atoms with van der Waals surface area (Å²) in [5.41, 5.74) is 3.38. The van der Waals surface area contributed by atoms with E-state index in [0.717, 1.165) is 37.7 Å². The van der Waals surface area contributed by atoms with Gasteiger partial charge in [-0.05, 0) is 56.2 Å². The molecule has 26 heavy (non-hydrogen) atoms. The number of aryl methyl sites for hydroxylation is 2. The molecule has 1 aromatic heterocycles. The number of carbonyl (C=O) groups is 1. The van der Waals surface area contributed by atoms with Crippen LogP contribution in [0.5, 0.6) is 0 Å². The molecule has 0 spiro atoms. The number of nitrogens with zero attached hydrogens (tertiary/aromatic N) is 4. The minimum absolute atomic E-state index is 0.170. The molecule has 0 unspecified atom stereocenters. The van der Waals surface area contributed by atoms with E-state index in [4.69, 9.17) is 0 Å². The number of benzene rings is 1. The van der Waals surface area contributed by atoms with Crippen molar-refractivity contribution < 1.29 is 4.79 Å². The van der Waals surface area contributed by atoms with Gasteiger partial charge in [0.2, 0.25) is 5.91 Å². The summed E-state index contributed by atoms with van der Waals surface area (Å²) in [4.78, 5) is 23.7. The van der Waals surface area contributed by atoms with E-state index in [1.165, 1.54) is 11.1 Å². The van der Waals surface area contributed by atoms with E-state index in [1.54, 1.807) is 0 Å². The van der Waals surface area contributed by atoms with Crippen LogP contribution >= 0.6 is 0 Å². The molecule has 0 aliphatic carbocycles. The highest BCUT2D eigenvalue weighted by Crippen LogP contribution is 2.19. The number of hydrogen-bond donors (Lipinski definition) is 0. The van der Waals surface area contributed by atoms with Gasteiger partial charge >= 0.3 is 0 Å². The molecule has 138 valence electrons. The van der Waals surface area contributed by atoms with E-state index in [9.17, 15) is 4.79 Å². The lowest BCUT2D eigenvalue weighted by Gasteiger charge is -2.36. The lowest BCUT2D eigenvalue weighted by molar-refractivity contribution is -0.119. The van der Waals surface area contributed by atoms with Crippen molar-refractivity contribution in [2.75, 3.05) is 49.1 Å². The van der Waals surface area contributed by atoms with E-state index >= 15 is 0 Å². The SMILES string of the molecule is CCN(C(=O)CN1CCN(c2ccccn2)CC1)c1cc(C)cc(C)c1. The summed E-state index contributed by atoms with van der Waals surface area (Å²) in [6.07, 6.45) is 1.83. The first kappa shape index (κ1) is 18.4. The molecule has 0 bridgehead atoms. The fourth-order valence-corrected chi connectivity index (χ4v) is 3.56. The number of likely N-dealkylation sites (N-methyl/N-ethyl adjacent to an activating group) is 1. The highest BCUT2D eigenvalue weighted by Gasteiger charge is 2.22. The average molecular weight is 352 g/mol. The molecule has 1 fully saturated rings. The van der Waals surface area contributed by atoms with Crippen LogP contribution in [-0.2, 0) is 4.79 Å². The first-order chi connectivity index (χ1) is 12.6. The number of pyridine rings is 1. The summed E-state index contributed by atoms with van der Waals surface area (Å²) in [6, 6.07) is 12.3. The zero-order valence-electron chi connectivity index (χ0n) is 16.0. The highest BCUT2D eigenvalue weighted by atomic mass is 16.2. The predicted octanol–water partition coefficient (Wildman–Crippen LogP) is 2.87. The van der Waals surface area contributed by atoms with Crippen molar-refractivity contribution in [3.8, 4) is 0 Å². The molecule has 0 atom stereocenters. The van der Waals surface area contributed by atoms with Crippen molar-refractivity contribution in [3.05, 3.63) is 53.7 Å². The molecule has 5 heteroatoms. The van der Waals surface area contributed by atoms with E-state index in [2.05, 4.69) is 46.8 Å². The van der Waals surface area contributed by atoms with Crippen LogP contribution < -0.4 is 9.80 Å². The molecule has 2 heterocycles. The van der Waals surface area contributed by atoms with E-state index in [1.807, 2.05) is 36.2 Å². The topological polar surface area (TPSA) is 39.7 Å². The first-order valence-corrected chi connectivity index (χ1v) is 9.34. The molecule has 1 aliphatic heterocycles. The van der Waals surface area contributed by atoms with Crippen LogP contribution in [0, 0.1) is 13.8 Å². The van der Waals surface area contributed by atoms with Crippen LogP contribution in [0.15, 0.2) is 42.6 Å². The molecule has 1 amide bonds. The Kier molecular flexibility index (Phi) is 5.89. The molecule has 2 aromatic rings. The molecule has 0 radical (unpaired) electrons. The monoisotopic (exact) mass is 352 g/mol. The average Bonchev–Trinajstić information content (AvgIpc) is 2.63. The van der Waals surface area contributed by atoms with Crippen molar-refractivity contribution in [2.45, 2.75) is 20.8 Å². The van der Waals surface area contributed by atoms with Gasteiger partial charge in [-0.2, -0.15) is 0 Å². The van der Waals surface area contributed by atoms with Crippen molar-refractivity contribution in [3.63, 3.8) is 0 Å². The van der Waals surface area contributed by atoms with Crippen LogP contribution in [0.2, 0.25) is 0 Å². The van der Waals surface area contributed by atoms with Gasteiger partial charge in [-0.15, -0.1) is 0 Å². The zero-order chi connectivity index (χ0) is 18.5. The van der Waals surface area contributed by atoms with Crippen molar-refractivity contribution >= 4 is 17.4 Å². The van der Waals surface area contributed by atoms with Crippen LogP contribution in [0.25, 0.3) is 0 Å². The molecule has 1 aromatic carbocycles. The number of hydrogen-bond acceptors (Lipinski definition) is 4. The zero-order valence-corrected chi connectivity index (χ0v) is 16.0. The van der Waals surface area contributed by atoms with Crippen molar-refractivity contribution in [2.24, 2.45) is 0 Å². The summed E-state index contributed by atoms with van der Waals surface area (Å²) in [7, 11) is 0. The second-order valence-electron chi connectivity index (χ2n) is 6.94. The van der Waals surface area contributed by atoms with E-state index in [0.29, 0.717) is 13.1 Å². The standard InChI is InChI=1S/C21H28N4O/c1-4-25(19-14-17(2)13-18(3)15-19)21(26)16-23-9-11-24(12-10-23)20-7-5-6-8-22-20/h5-8,13-15H,4,9-12,16H2,1-3H3. The maximum atomic E-state index is 12.9. The van der Waals surface area contributed by atoms with Crippen LogP contribution in [0.3, 0.4) is 0 Å². The van der Waals surface area contributed by atoms with Gasteiger partial charge in [0.15, 0.2) is 0 Å². The molecule has 0 saturated carbocycles. The Morgan fingerprint density at radius 1 is 1.08 bits per heavy atom. The van der Waals surface area contributed by atoms with Crippen molar-refractivity contribution in [1.82, 2.24) is 9.88 Å². The smallest absolute Gasteiger partial charge is 0.241 e. The Hall–Kier alpha value is -2.40. The van der Waals surface area contributed by atoms with Gasteiger partial charge in [0.25, 0.3) is 0 Å². The fraction of sp³-hybridized carbons (Fsp3) is 0.429. The van der Waals surface area contributed by atoms with Gasteiger partial charge in [-0.3, -0.25) is 9.69 Å². The minimum Gasteiger partial charge on any atom is -0.354 e. The molecule has 5 nitrogen and oxygen atoms in total. The maximum absolute atomic E-state index is 12.9. The lowest BCUT2D eigenvalue weighted by Crippen LogP contribution is -2.50. The Labute approximate surface area is 156 Å². The Balaban J connectivity index is 1.59. The third-order valence-electron chi connectivity index (χ3n) is 4.84. The molecule has 3 rings (SSSR count). The van der Waals surface area contributed by atoms with Gasteiger partial charge in [-0.25, -0.2) is 4.98 Å². The number of piperazine rings is 1. The highest BCUT2D eigenvalue weighted by molar-refractivity contribution is 5.95. The summed E-state index contributed by atoms with van der Waals surface area (Å²) in [5.74, 6) is 1.19. The second-order valence-corrected chi connectivity index (χ2v) is 6.94. The van der Waals surface area contributed by atoms with E-state index < -0.39 is 0 Å². The maximum Gasteiger partial charge on any atom is 0.241 e.